The van der Waals surface area contributed by atoms with Crippen LogP contribution in [-0.4, -0.2) is 13.7 Å². The largest absolute Gasteiger partial charge is 0.495 e. The Morgan fingerprint density at radius 2 is 2.07 bits per heavy atom. The molecule has 1 rings (SSSR count). The van der Waals surface area contributed by atoms with Gasteiger partial charge in [0.05, 0.1) is 11.6 Å². The number of ether oxygens (including phenoxy) is 1. The van der Waals surface area contributed by atoms with Crippen LogP contribution in [0.4, 0.5) is 0 Å². The van der Waals surface area contributed by atoms with E-state index in [1.807, 2.05) is 0 Å². The number of hydrogen-bond donors (Lipinski definition) is 1. The molecule has 0 aromatic heterocycles. The summed E-state index contributed by atoms with van der Waals surface area (Å²) < 4.78 is 6.47. The predicted molar refractivity (Wildman–Crippen MR) is 67.6 cm³/mol. The van der Waals surface area contributed by atoms with Gasteiger partial charge in [0.1, 0.15) is 5.75 Å². The van der Waals surface area contributed by atoms with Gasteiger partial charge >= 0.3 is 0 Å². The van der Waals surface area contributed by atoms with Gasteiger partial charge in [0.15, 0.2) is 0 Å². The lowest BCUT2D eigenvalue weighted by Crippen LogP contribution is -2.11. The lowest BCUT2D eigenvalue weighted by Gasteiger charge is -2.18. The molecular formula is C12H18BrNO. The zero-order valence-corrected chi connectivity index (χ0v) is 11.3. The lowest BCUT2D eigenvalue weighted by molar-refractivity contribution is 0.403. The van der Waals surface area contributed by atoms with Gasteiger partial charge in [-0.2, -0.15) is 0 Å². The minimum absolute atomic E-state index is 0.315. The molecule has 0 bridgehead atoms. The Labute approximate surface area is 99.9 Å². The van der Waals surface area contributed by atoms with Crippen LogP contribution in [0, 0.1) is 13.8 Å². The molecule has 0 saturated heterocycles. The van der Waals surface area contributed by atoms with Crippen LogP contribution in [0.5, 0.6) is 5.75 Å². The van der Waals surface area contributed by atoms with Crippen LogP contribution < -0.4 is 10.5 Å². The van der Waals surface area contributed by atoms with E-state index in [9.17, 15) is 0 Å². The SMILES string of the molecule is COc1c(C(C)CN)cc(C)c(C)c1Br. The van der Waals surface area contributed by atoms with Gasteiger partial charge in [-0.15, -0.1) is 0 Å². The number of nitrogens with two attached hydrogens (primary N) is 1. The fraction of sp³-hybridized carbons (Fsp3) is 0.500. The quantitative estimate of drug-likeness (QED) is 0.917. The molecule has 0 spiro atoms. The molecule has 15 heavy (non-hydrogen) atoms. The van der Waals surface area contributed by atoms with Crippen LogP contribution in [0.15, 0.2) is 10.5 Å². The summed E-state index contributed by atoms with van der Waals surface area (Å²) in [5.74, 6) is 1.23. The Kier molecular flexibility index (Phi) is 4.17. The summed E-state index contributed by atoms with van der Waals surface area (Å²) in [4.78, 5) is 0. The van der Waals surface area contributed by atoms with E-state index >= 15 is 0 Å². The Hall–Kier alpha value is -0.540. The fourth-order valence-electron chi connectivity index (χ4n) is 1.58. The number of benzene rings is 1. The molecule has 2 nitrogen and oxygen atoms in total. The van der Waals surface area contributed by atoms with Gasteiger partial charge in [-0.25, -0.2) is 0 Å². The average Bonchev–Trinajstić information content (AvgIpc) is 2.24. The van der Waals surface area contributed by atoms with Crippen molar-refractivity contribution in [2.24, 2.45) is 5.73 Å². The maximum Gasteiger partial charge on any atom is 0.136 e. The predicted octanol–water partition coefficient (Wildman–Crippen LogP) is 3.14. The highest BCUT2D eigenvalue weighted by atomic mass is 79.9. The second kappa shape index (κ2) is 4.99. The highest BCUT2D eigenvalue weighted by molar-refractivity contribution is 9.10. The molecule has 0 aliphatic heterocycles. The van der Waals surface area contributed by atoms with Crippen molar-refractivity contribution in [3.05, 3.63) is 27.2 Å². The van der Waals surface area contributed by atoms with E-state index in [4.69, 9.17) is 10.5 Å². The lowest BCUT2D eigenvalue weighted by atomic mass is 9.96. The van der Waals surface area contributed by atoms with Gasteiger partial charge in [-0.3, -0.25) is 0 Å². The number of aryl methyl sites for hydroxylation is 1. The van der Waals surface area contributed by atoms with E-state index in [1.54, 1.807) is 7.11 Å². The van der Waals surface area contributed by atoms with Crippen molar-refractivity contribution >= 4 is 15.9 Å². The van der Waals surface area contributed by atoms with Crippen molar-refractivity contribution in [3.63, 3.8) is 0 Å². The topological polar surface area (TPSA) is 35.2 Å². The van der Waals surface area contributed by atoms with Crippen LogP contribution in [0.2, 0.25) is 0 Å². The van der Waals surface area contributed by atoms with Crippen LogP contribution in [0.3, 0.4) is 0 Å². The minimum Gasteiger partial charge on any atom is -0.495 e. The molecule has 1 aromatic rings. The zero-order chi connectivity index (χ0) is 11.6. The van der Waals surface area contributed by atoms with Crippen LogP contribution in [-0.2, 0) is 0 Å². The first-order chi connectivity index (χ1) is 7.02. The molecule has 2 N–H and O–H groups in total. The van der Waals surface area contributed by atoms with E-state index in [2.05, 4.69) is 42.8 Å². The average molecular weight is 272 g/mol. The molecule has 1 unspecified atom stereocenters. The highest BCUT2D eigenvalue weighted by Crippen LogP contribution is 2.37. The van der Waals surface area contributed by atoms with E-state index in [-0.39, 0.29) is 0 Å². The second-order valence-electron chi connectivity index (χ2n) is 3.89. The van der Waals surface area contributed by atoms with Gasteiger partial charge < -0.3 is 10.5 Å². The molecular weight excluding hydrogens is 254 g/mol. The Bertz CT molecular complexity index is 363. The number of rotatable bonds is 3. The summed E-state index contributed by atoms with van der Waals surface area (Å²) in [6.45, 7) is 6.93. The van der Waals surface area contributed by atoms with E-state index in [1.165, 1.54) is 16.7 Å². The summed E-state index contributed by atoms with van der Waals surface area (Å²) >= 11 is 3.57. The van der Waals surface area contributed by atoms with Crippen LogP contribution in [0.25, 0.3) is 0 Å². The van der Waals surface area contributed by atoms with Gasteiger partial charge in [0, 0.05) is 0 Å². The highest BCUT2D eigenvalue weighted by Gasteiger charge is 2.16. The maximum absolute atomic E-state index is 5.69. The molecule has 0 amide bonds. The number of hydrogen-bond acceptors (Lipinski definition) is 2. The van der Waals surface area contributed by atoms with E-state index < -0.39 is 0 Å². The molecule has 1 aromatic carbocycles. The fourth-order valence-corrected chi connectivity index (χ4v) is 2.28. The molecule has 3 heteroatoms. The number of halogens is 1. The summed E-state index contributed by atoms with van der Waals surface area (Å²) in [5, 5.41) is 0. The van der Waals surface area contributed by atoms with Gasteiger partial charge in [0.2, 0.25) is 0 Å². The summed E-state index contributed by atoms with van der Waals surface area (Å²) in [5.41, 5.74) is 9.35. The molecule has 0 aliphatic carbocycles. The van der Waals surface area contributed by atoms with Gasteiger partial charge in [-0.1, -0.05) is 13.0 Å². The van der Waals surface area contributed by atoms with Gasteiger partial charge in [-0.05, 0) is 58.9 Å². The monoisotopic (exact) mass is 271 g/mol. The van der Waals surface area contributed by atoms with Crippen LogP contribution >= 0.6 is 15.9 Å². The maximum atomic E-state index is 5.69. The minimum atomic E-state index is 0.315. The molecule has 0 fully saturated rings. The second-order valence-corrected chi connectivity index (χ2v) is 4.68. The summed E-state index contributed by atoms with van der Waals surface area (Å²) in [6, 6.07) is 2.16. The summed E-state index contributed by atoms with van der Waals surface area (Å²) in [7, 11) is 1.70. The third-order valence-electron chi connectivity index (χ3n) is 2.84. The Balaban J connectivity index is 3.38. The molecule has 0 aliphatic rings. The normalized spacial score (nSPS) is 12.7. The van der Waals surface area contributed by atoms with Crippen molar-refractivity contribution in [2.45, 2.75) is 26.7 Å². The first kappa shape index (κ1) is 12.5. The molecule has 0 radical (unpaired) electrons. The van der Waals surface area contributed by atoms with Crippen molar-refractivity contribution in [3.8, 4) is 5.75 Å². The van der Waals surface area contributed by atoms with Crippen molar-refractivity contribution < 1.29 is 4.74 Å². The van der Waals surface area contributed by atoms with Crippen molar-refractivity contribution in [2.75, 3.05) is 13.7 Å². The molecule has 1 atom stereocenters. The third-order valence-corrected chi connectivity index (χ3v) is 3.80. The van der Waals surface area contributed by atoms with Crippen LogP contribution in [0.1, 0.15) is 29.5 Å². The first-order valence-corrected chi connectivity index (χ1v) is 5.85. The molecule has 84 valence electrons. The first-order valence-electron chi connectivity index (χ1n) is 5.06. The van der Waals surface area contributed by atoms with E-state index in [0.717, 1.165) is 10.2 Å². The van der Waals surface area contributed by atoms with Gasteiger partial charge in [0.25, 0.3) is 0 Å². The van der Waals surface area contributed by atoms with Crippen molar-refractivity contribution in [1.29, 1.82) is 0 Å². The van der Waals surface area contributed by atoms with E-state index in [0.29, 0.717) is 12.5 Å². The third kappa shape index (κ3) is 2.34. The molecule has 0 saturated carbocycles. The summed E-state index contributed by atoms with van der Waals surface area (Å²) in [6.07, 6.45) is 0. The smallest absolute Gasteiger partial charge is 0.136 e. The Morgan fingerprint density at radius 1 is 1.47 bits per heavy atom. The number of methoxy groups -OCH3 is 1. The van der Waals surface area contributed by atoms with Crippen molar-refractivity contribution in [1.82, 2.24) is 0 Å². The standard InChI is InChI=1S/C12H18BrNO/c1-7-5-10(8(2)6-14)12(15-4)11(13)9(7)3/h5,8H,6,14H2,1-4H3. The zero-order valence-electron chi connectivity index (χ0n) is 9.73. The molecule has 0 heterocycles. The Morgan fingerprint density at radius 3 is 2.53 bits per heavy atom.